The van der Waals surface area contributed by atoms with Crippen LogP contribution in [-0.4, -0.2) is 36.5 Å². The number of cyclic esters (lactones) is 1. The normalized spacial score (nSPS) is 26.5. The number of hydrogen-bond acceptors (Lipinski definition) is 6. The Balaban J connectivity index is 1.68. The van der Waals surface area contributed by atoms with Crippen LogP contribution < -0.4 is 0 Å². The molecule has 2 aliphatic heterocycles. The van der Waals surface area contributed by atoms with Crippen LogP contribution in [0.3, 0.4) is 0 Å². The standard InChI is InChI=1S/C16H16O6/c1-16(2)19-9-13(22-16)11-8-12(15(18)20-11)21-14(17)10-6-4-3-5-7-10/h3-8,11,13H,9H2,1-2H3/t11-,13+/m0/s1. The fourth-order valence-electron chi connectivity index (χ4n) is 2.30. The van der Waals surface area contributed by atoms with Gasteiger partial charge in [0.1, 0.15) is 6.10 Å². The lowest BCUT2D eigenvalue weighted by atomic mass is 10.2. The van der Waals surface area contributed by atoms with Gasteiger partial charge in [0, 0.05) is 6.08 Å². The fourth-order valence-corrected chi connectivity index (χ4v) is 2.30. The Morgan fingerprint density at radius 3 is 2.64 bits per heavy atom. The Labute approximate surface area is 127 Å². The largest absolute Gasteiger partial charge is 0.449 e. The second-order valence-corrected chi connectivity index (χ2v) is 5.52. The maximum atomic E-state index is 12.0. The summed E-state index contributed by atoms with van der Waals surface area (Å²) in [5.41, 5.74) is 0.362. The number of carbonyl (C=O) groups excluding carboxylic acids is 2. The van der Waals surface area contributed by atoms with Gasteiger partial charge in [0.25, 0.3) is 0 Å². The molecule has 0 unspecified atom stereocenters. The summed E-state index contributed by atoms with van der Waals surface area (Å²) in [5.74, 6) is -2.11. The van der Waals surface area contributed by atoms with Crippen molar-refractivity contribution in [3.63, 3.8) is 0 Å². The SMILES string of the molecule is CC1(C)OC[C@H]([C@@H]2C=C(OC(=O)c3ccccc3)C(=O)O2)O1. The summed E-state index contributed by atoms with van der Waals surface area (Å²) in [6.45, 7) is 3.87. The van der Waals surface area contributed by atoms with Crippen LogP contribution in [0.2, 0.25) is 0 Å². The monoisotopic (exact) mass is 304 g/mol. The summed E-state index contributed by atoms with van der Waals surface area (Å²) < 4.78 is 21.3. The molecule has 0 saturated carbocycles. The second-order valence-electron chi connectivity index (χ2n) is 5.52. The molecule has 1 aromatic rings. The molecule has 6 heteroatoms. The zero-order valence-electron chi connectivity index (χ0n) is 12.3. The van der Waals surface area contributed by atoms with Gasteiger partial charge in [0.15, 0.2) is 11.9 Å². The number of benzene rings is 1. The molecular formula is C16H16O6. The van der Waals surface area contributed by atoms with Crippen molar-refractivity contribution in [2.24, 2.45) is 0 Å². The number of ether oxygens (including phenoxy) is 4. The van der Waals surface area contributed by atoms with Gasteiger partial charge in [0.05, 0.1) is 12.2 Å². The molecule has 0 aromatic heterocycles. The molecule has 0 aliphatic carbocycles. The molecular weight excluding hydrogens is 288 g/mol. The maximum Gasteiger partial charge on any atom is 0.374 e. The van der Waals surface area contributed by atoms with Crippen molar-refractivity contribution in [2.45, 2.75) is 31.8 Å². The van der Waals surface area contributed by atoms with Crippen LogP contribution in [0, 0.1) is 0 Å². The molecule has 116 valence electrons. The van der Waals surface area contributed by atoms with Gasteiger partial charge in [-0.25, -0.2) is 9.59 Å². The number of esters is 2. The summed E-state index contributed by atoms with van der Waals surface area (Å²) in [7, 11) is 0. The molecule has 0 amide bonds. The van der Waals surface area contributed by atoms with Crippen molar-refractivity contribution < 1.29 is 28.5 Å². The van der Waals surface area contributed by atoms with Gasteiger partial charge in [-0.05, 0) is 26.0 Å². The zero-order chi connectivity index (χ0) is 15.7. The van der Waals surface area contributed by atoms with Crippen LogP contribution in [0.5, 0.6) is 0 Å². The van der Waals surface area contributed by atoms with Gasteiger partial charge in [-0.15, -0.1) is 0 Å². The van der Waals surface area contributed by atoms with Crippen LogP contribution in [0.4, 0.5) is 0 Å². The van der Waals surface area contributed by atoms with E-state index in [-0.39, 0.29) is 5.76 Å². The highest BCUT2D eigenvalue weighted by Gasteiger charge is 2.42. The fraction of sp³-hybridized carbons (Fsp3) is 0.375. The lowest BCUT2D eigenvalue weighted by molar-refractivity contribution is -0.161. The molecule has 1 fully saturated rings. The third kappa shape index (κ3) is 3.03. The first-order valence-corrected chi connectivity index (χ1v) is 6.96. The highest BCUT2D eigenvalue weighted by Crippen LogP contribution is 2.29. The molecule has 1 aromatic carbocycles. The van der Waals surface area contributed by atoms with Gasteiger partial charge in [0.2, 0.25) is 5.76 Å². The van der Waals surface area contributed by atoms with Crippen molar-refractivity contribution in [3.05, 3.63) is 47.7 Å². The third-order valence-corrected chi connectivity index (χ3v) is 3.37. The van der Waals surface area contributed by atoms with Crippen molar-refractivity contribution in [1.29, 1.82) is 0 Å². The number of carbonyl (C=O) groups is 2. The van der Waals surface area contributed by atoms with E-state index in [4.69, 9.17) is 18.9 Å². The van der Waals surface area contributed by atoms with E-state index in [9.17, 15) is 9.59 Å². The molecule has 0 N–H and O–H groups in total. The first-order valence-electron chi connectivity index (χ1n) is 6.96. The average molecular weight is 304 g/mol. The van der Waals surface area contributed by atoms with E-state index in [2.05, 4.69) is 0 Å². The molecule has 2 heterocycles. The molecule has 22 heavy (non-hydrogen) atoms. The zero-order valence-corrected chi connectivity index (χ0v) is 12.3. The highest BCUT2D eigenvalue weighted by atomic mass is 16.8. The molecule has 0 radical (unpaired) electrons. The summed E-state index contributed by atoms with van der Waals surface area (Å²) in [5, 5.41) is 0. The van der Waals surface area contributed by atoms with Crippen molar-refractivity contribution in [2.75, 3.05) is 6.61 Å². The lowest BCUT2D eigenvalue weighted by Crippen LogP contribution is -2.30. The first kappa shape index (κ1) is 14.7. The molecule has 0 bridgehead atoms. The Bertz CT molecular complexity index is 619. The van der Waals surface area contributed by atoms with Crippen LogP contribution in [0.1, 0.15) is 24.2 Å². The second kappa shape index (κ2) is 5.55. The van der Waals surface area contributed by atoms with Crippen LogP contribution in [0.15, 0.2) is 42.2 Å². The smallest absolute Gasteiger partial charge is 0.374 e. The van der Waals surface area contributed by atoms with Crippen molar-refractivity contribution in [1.82, 2.24) is 0 Å². The third-order valence-electron chi connectivity index (χ3n) is 3.37. The van der Waals surface area contributed by atoms with E-state index >= 15 is 0 Å². The Morgan fingerprint density at radius 1 is 1.27 bits per heavy atom. The minimum absolute atomic E-state index is 0.118. The first-order chi connectivity index (χ1) is 10.4. The molecule has 0 spiro atoms. The molecule has 6 nitrogen and oxygen atoms in total. The average Bonchev–Trinajstić information content (AvgIpc) is 3.03. The van der Waals surface area contributed by atoms with Gasteiger partial charge in [-0.2, -0.15) is 0 Å². The minimum Gasteiger partial charge on any atom is -0.449 e. The van der Waals surface area contributed by atoms with Gasteiger partial charge in [-0.1, -0.05) is 18.2 Å². The van der Waals surface area contributed by atoms with E-state index in [0.29, 0.717) is 12.2 Å². The van der Waals surface area contributed by atoms with Gasteiger partial charge in [-0.3, -0.25) is 0 Å². The van der Waals surface area contributed by atoms with Crippen molar-refractivity contribution >= 4 is 11.9 Å². The minimum atomic E-state index is -0.714. The number of rotatable bonds is 3. The number of hydrogen-bond donors (Lipinski definition) is 0. The topological polar surface area (TPSA) is 71.1 Å². The summed E-state index contributed by atoms with van der Waals surface area (Å²) in [6, 6.07) is 8.43. The van der Waals surface area contributed by atoms with Gasteiger partial charge < -0.3 is 18.9 Å². The summed E-state index contributed by atoms with van der Waals surface area (Å²) in [6.07, 6.45) is 0.429. The predicted octanol–water partition coefficient (Wildman–Crippen LogP) is 1.80. The Hall–Kier alpha value is -2.18. The highest BCUT2D eigenvalue weighted by molar-refractivity contribution is 5.96. The van der Waals surface area contributed by atoms with Crippen molar-refractivity contribution in [3.8, 4) is 0 Å². The maximum absolute atomic E-state index is 12.0. The van der Waals surface area contributed by atoms with Crippen LogP contribution >= 0.6 is 0 Å². The van der Waals surface area contributed by atoms with E-state index in [1.54, 1.807) is 44.2 Å². The Kier molecular flexibility index (Phi) is 3.72. The molecule has 1 saturated heterocycles. The lowest BCUT2D eigenvalue weighted by Gasteiger charge is -2.19. The predicted molar refractivity (Wildman–Crippen MR) is 74.7 cm³/mol. The quantitative estimate of drug-likeness (QED) is 0.793. The molecule has 2 aliphatic rings. The van der Waals surface area contributed by atoms with E-state index < -0.39 is 29.9 Å². The van der Waals surface area contributed by atoms with E-state index in [0.717, 1.165) is 0 Å². The molecule has 3 rings (SSSR count). The van der Waals surface area contributed by atoms with Crippen LogP contribution in [0.25, 0.3) is 0 Å². The van der Waals surface area contributed by atoms with E-state index in [1.165, 1.54) is 6.08 Å². The summed E-state index contributed by atoms with van der Waals surface area (Å²) >= 11 is 0. The van der Waals surface area contributed by atoms with Gasteiger partial charge >= 0.3 is 11.9 Å². The summed E-state index contributed by atoms with van der Waals surface area (Å²) in [4.78, 5) is 23.8. The van der Waals surface area contributed by atoms with Crippen LogP contribution in [-0.2, 0) is 23.7 Å². The Morgan fingerprint density at radius 2 is 2.00 bits per heavy atom. The van der Waals surface area contributed by atoms with E-state index in [1.807, 2.05) is 0 Å². The molecule has 2 atom stereocenters.